The van der Waals surface area contributed by atoms with Crippen LogP contribution in [-0.2, 0) is 4.74 Å². The summed E-state index contributed by atoms with van der Waals surface area (Å²) in [5.41, 5.74) is 2.54. The van der Waals surface area contributed by atoms with Crippen LogP contribution in [0.3, 0.4) is 0 Å². The van der Waals surface area contributed by atoms with Crippen LogP contribution in [0.1, 0.15) is 26.7 Å². The Bertz CT molecular complexity index is 734. The van der Waals surface area contributed by atoms with Gasteiger partial charge in [-0.2, -0.15) is 0 Å². The normalized spacial score (nSPS) is 16.2. The van der Waals surface area contributed by atoms with Crippen LogP contribution in [0.2, 0.25) is 5.02 Å². The second-order valence-electron chi connectivity index (χ2n) is 6.49. The lowest BCUT2D eigenvalue weighted by Gasteiger charge is -2.33. The molecule has 2 aliphatic rings. The number of para-hydroxylation sites is 1. The molecule has 0 saturated carbocycles. The average molecular weight is 405 g/mol. The summed E-state index contributed by atoms with van der Waals surface area (Å²) in [6.45, 7) is 10.1. The molecule has 3 nitrogen and oxygen atoms in total. The molecule has 5 heteroatoms. The predicted molar refractivity (Wildman–Crippen MR) is 117 cm³/mol. The first-order valence-corrected chi connectivity index (χ1v) is 11.1. The maximum Gasteiger partial charge on any atom is 0.0594 e. The molecule has 2 aromatic carbocycles. The summed E-state index contributed by atoms with van der Waals surface area (Å²) in [5.74, 6) is 0. The second-order valence-corrected chi connectivity index (χ2v) is 8.01. The van der Waals surface area contributed by atoms with Gasteiger partial charge in [0.2, 0.25) is 0 Å². The largest absolute Gasteiger partial charge is 0.379 e. The summed E-state index contributed by atoms with van der Waals surface area (Å²) in [4.78, 5) is 7.56. The van der Waals surface area contributed by atoms with E-state index in [4.69, 9.17) is 16.3 Å². The molecule has 2 heterocycles. The molecule has 27 heavy (non-hydrogen) atoms. The van der Waals surface area contributed by atoms with Crippen molar-refractivity contribution in [3.8, 4) is 0 Å². The summed E-state index contributed by atoms with van der Waals surface area (Å²) in [6, 6.07) is 14.9. The van der Waals surface area contributed by atoms with E-state index >= 15 is 0 Å². The third-order valence-electron chi connectivity index (χ3n) is 4.80. The average Bonchev–Trinajstić information content (AvgIpc) is 2.73. The number of unbranched alkanes of at least 4 members (excludes halogenated alkanes) is 1. The Hall–Kier alpha value is -1.20. The van der Waals surface area contributed by atoms with Gasteiger partial charge in [-0.25, -0.2) is 0 Å². The van der Waals surface area contributed by atoms with Crippen LogP contribution in [-0.4, -0.2) is 44.3 Å². The number of hydrogen-bond acceptors (Lipinski definition) is 4. The van der Waals surface area contributed by atoms with E-state index in [0.29, 0.717) is 0 Å². The van der Waals surface area contributed by atoms with Gasteiger partial charge in [0.25, 0.3) is 0 Å². The number of rotatable bonds is 5. The summed E-state index contributed by atoms with van der Waals surface area (Å²) in [5, 5.41) is 0.803. The van der Waals surface area contributed by atoms with Gasteiger partial charge in [-0.1, -0.05) is 49.3 Å². The number of fused-ring (bicyclic) bond motifs is 2. The highest BCUT2D eigenvalue weighted by Crippen LogP contribution is 2.48. The number of anilines is 2. The van der Waals surface area contributed by atoms with E-state index in [1.807, 2.05) is 31.7 Å². The third-order valence-corrected chi connectivity index (χ3v) is 6.16. The zero-order valence-corrected chi connectivity index (χ0v) is 17.9. The number of hydrogen-bond donors (Lipinski definition) is 0. The van der Waals surface area contributed by atoms with Crippen molar-refractivity contribution in [3.05, 3.63) is 47.5 Å². The van der Waals surface area contributed by atoms with Crippen LogP contribution in [0.15, 0.2) is 52.3 Å². The molecular weight excluding hydrogens is 376 g/mol. The van der Waals surface area contributed by atoms with Gasteiger partial charge in [0.05, 0.1) is 24.6 Å². The topological polar surface area (TPSA) is 15.7 Å². The van der Waals surface area contributed by atoms with Crippen LogP contribution < -0.4 is 4.90 Å². The van der Waals surface area contributed by atoms with E-state index in [1.165, 1.54) is 34.0 Å². The van der Waals surface area contributed by atoms with E-state index in [1.54, 1.807) is 0 Å². The number of benzene rings is 2. The highest BCUT2D eigenvalue weighted by Gasteiger charge is 2.23. The first-order valence-electron chi connectivity index (χ1n) is 9.95. The maximum absolute atomic E-state index is 6.28. The van der Waals surface area contributed by atoms with Gasteiger partial charge in [-0.05, 0) is 49.7 Å². The van der Waals surface area contributed by atoms with Gasteiger partial charge < -0.3 is 9.64 Å². The van der Waals surface area contributed by atoms with Crippen molar-refractivity contribution >= 4 is 34.7 Å². The van der Waals surface area contributed by atoms with Crippen molar-refractivity contribution in [2.75, 3.05) is 44.3 Å². The lowest BCUT2D eigenvalue weighted by molar-refractivity contribution is 0.0373. The molecule has 0 aromatic heterocycles. The van der Waals surface area contributed by atoms with Crippen LogP contribution in [0.5, 0.6) is 0 Å². The van der Waals surface area contributed by atoms with E-state index < -0.39 is 0 Å². The molecular formula is C22H29ClN2OS. The number of ether oxygens (including phenoxy) is 1. The number of morpholine rings is 1. The zero-order chi connectivity index (χ0) is 19.1. The Kier molecular flexibility index (Phi) is 7.89. The first-order chi connectivity index (χ1) is 13.3. The van der Waals surface area contributed by atoms with E-state index in [2.05, 4.69) is 46.2 Å². The molecule has 0 bridgehead atoms. The molecule has 1 saturated heterocycles. The highest BCUT2D eigenvalue weighted by molar-refractivity contribution is 7.99. The highest BCUT2D eigenvalue weighted by atomic mass is 35.5. The van der Waals surface area contributed by atoms with E-state index in [9.17, 15) is 0 Å². The summed E-state index contributed by atoms with van der Waals surface area (Å²) in [7, 11) is 0. The standard InChI is InChI=1S/C20H23ClN2OS.C2H6/c21-16-7-8-20-18(15-16)23(17-5-1-2-6-19(17)25-20)10-4-3-9-22-11-13-24-14-12-22;1-2/h1-2,5-8,15H,3-4,9-14H2;1-2H3. The Morgan fingerprint density at radius 2 is 1.63 bits per heavy atom. The van der Waals surface area contributed by atoms with Gasteiger partial charge in [-0.3, -0.25) is 4.90 Å². The van der Waals surface area contributed by atoms with Crippen molar-refractivity contribution in [3.63, 3.8) is 0 Å². The molecule has 0 spiro atoms. The Morgan fingerprint density at radius 3 is 2.44 bits per heavy atom. The molecule has 0 unspecified atom stereocenters. The summed E-state index contributed by atoms with van der Waals surface area (Å²) >= 11 is 8.11. The molecule has 2 aromatic rings. The lowest BCUT2D eigenvalue weighted by Crippen LogP contribution is -2.37. The van der Waals surface area contributed by atoms with E-state index in [-0.39, 0.29) is 0 Å². The minimum absolute atomic E-state index is 0.803. The molecule has 0 N–H and O–H groups in total. The fraction of sp³-hybridized carbons (Fsp3) is 0.455. The Labute approximate surface area is 172 Å². The molecule has 146 valence electrons. The van der Waals surface area contributed by atoms with Crippen molar-refractivity contribution in [2.24, 2.45) is 0 Å². The van der Waals surface area contributed by atoms with Crippen LogP contribution in [0, 0.1) is 0 Å². The predicted octanol–water partition coefficient (Wildman–Crippen LogP) is 6.08. The van der Waals surface area contributed by atoms with Gasteiger partial charge in [-0.15, -0.1) is 0 Å². The third kappa shape index (κ3) is 5.20. The minimum Gasteiger partial charge on any atom is -0.379 e. The first kappa shape index (κ1) is 20.5. The molecule has 4 rings (SSSR count). The van der Waals surface area contributed by atoms with Gasteiger partial charge in [0.15, 0.2) is 0 Å². The maximum atomic E-state index is 6.28. The summed E-state index contributed by atoms with van der Waals surface area (Å²) in [6.07, 6.45) is 2.38. The quantitative estimate of drug-likeness (QED) is 0.560. The number of halogens is 1. The van der Waals surface area contributed by atoms with Gasteiger partial charge in [0, 0.05) is 34.4 Å². The Balaban J connectivity index is 0.00000102. The zero-order valence-electron chi connectivity index (χ0n) is 16.3. The SMILES string of the molecule is CC.Clc1ccc2c(c1)N(CCCCN1CCOCC1)c1ccccc1S2. The molecule has 0 atom stereocenters. The monoisotopic (exact) mass is 404 g/mol. The summed E-state index contributed by atoms with van der Waals surface area (Å²) < 4.78 is 5.43. The molecule has 2 aliphatic heterocycles. The van der Waals surface area contributed by atoms with Crippen LogP contribution in [0.25, 0.3) is 0 Å². The van der Waals surface area contributed by atoms with Crippen molar-refractivity contribution in [1.82, 2.24) is 4.90 Å². The molecule has 0 amide bonds. The van der Waals surface area contributed by atoms with Crippen LogP contribution in [0.4, 0.5) is 11.4 Å². The molecule has 0 aliphatic carbocycles. The van der Waals surface area contributed by atoms with Crippen molar-refractivity contribution < 1.29 is 4.74 Å². The van der Waals surface area contributed by atoms with Gasteiger partial charge >= 0.3 is 0 Å². The van der Waals surface area contributed by atoms with Crippen LogP contribution >= 0.6 is 23.4 Å². The fourth-order valence-electron chi connectivity index (χ4n) is 3.47. The van der Waals surface area contributed by atoms with E-state index in [0.717, 1.165) is 44.4 Å². The van der Waals surface area contributed by atoms with Crippen molar-refractivity contribution in [2.45, 2.75) is 36.5 Å². The van der Waals surface area contributed by atoms with Gasteiger partial charge in [0.1, 0.15) is 0 Å². The number of nitrogens with zero attached hydrogens (tertiary/aromatic N) is 2. The molecule has 1 fully saturated rings. The van der Waals surface area contributed by atoms with Crippen molar-refractivity contribution in [1.29, 1.82) is 0 Å². The lowest BCUT2D eigenvalue weighted by atomic mass is 10.2. The molecule has 0 radical (unpaired) electrons. The fourth-order valence-corrected chi connectivity index (χ4v) is 4.72. The second kappa shape index (κ2) is 10.4. The Morgan fingerprint density at radius 1 is 0.926 bits per heavy atom. The smallest absolute Gasteiger partial charge is 0.0594 e. The minimum atomic E-state index is 0.803.